The molecule has 2 saturated heterocycles. The number of nitrogens with zero attached hydrogens (tertiary/aromatic N) is 4. The lowest BCUT2D eigenvalue weighted by atomic mass is 9.78. The summed E-state index contributed by atoms with van der Waals surface area (Å²) in [6.45, 7) is 2.99. The van der Waals surface area contributed by atoms with E-state index < -0.39 is 12.1 Å². The van der Waals surface area contributed by atoms with E-state index in [1.807, 2.05) is 24.1 Å². The van der Waals surface area contributed by atoms with Crippen LogP contribution in [0.1, 0.15) is 61.4 Å². The van der Waals surface area contributed by atoms with Gasteiger partial charge in [0.1, 0.15) is 16.9 Å². The van der Waals surface area contributed by atoms with E-state index in [1.54, 1.807) is 0 Å². The van der Waals surface area contributed by atoms with Crippen molar-refractivity contribution in [2.75, 3.05) is 18.0 Å². The predicted octanol–water partition coefficient (Wildman–Crippen LogP) is 3.83. The van der Waals surface area contributed by atoms with Crippen molar-refractivity contribution in [3.63, 3.8) is 0 Å². The van der Waals surface area contributed by atoms with Crippen LogP contribution in [0.3, 0.4) is 0 Å². The van der Waals surface area contributed by atoms with E-state index >= 15 is 0 Å². The highest BCUT2D eigenvalue weighted by molar-refractivity contribution is 6.35. The molecular formula is C24H27Cl2FN6O2. The van der Waals surface area contributed by atoms with Crippen LogP contribution < -0.4 is 15.8 Å². The van der Waals surface area contributed by atoms with Crippen molar-refractivity contribution in [3.8, 4) is 6.07 Å². The number of nitrogens with one attached hydrogen (secondary N) is 2. The van der Waals surface area contributed by atoms with Gasteiger partial charge in [-0.15, -0.1) is 0 Å². The van der Waals surface area contributed by atoms with Crippen LogP contribution >= 0.6 is 23.2 Å². The molecule has 4 heterocycles. The quantitative estimate of drug-likeness (QED) is 0.510. The number of aromatic nitrogens is 2. The van der Waals surface area contributed by atoms with Gasteiger partial charge in [0.2, 0.25) is 5.95 Å². The number of aliphatic hydroxyl groups is 1. The van der Waals surface area contributed by atoms with Gasteiger partial charge in [0.05, 0.1) is 34.9 Å². The molecule has 4 unspecified atom stereocenters. The van der Waals surface area contributed by atoms with Crippen LogP contribution in [-0.2, 0) is 4.74 Å². The number of aliphatic hydroxyl groups excluding tert-OH is 1. The Bertz CT molecular complexity index is 1150. The number of hydrogen-bond acceptors (Lipinski definition) is 8. The molecule has 2 aliphatic heterocycles. The Morgan fingerprint density at radius 1 is 1.26 bits per heavy atom. The second kappa shape index (κ2) is 10.1. The molecule has 3 aliphatic rings. The molecule has 3 fully saturated rings. The van der Waals surface area contributed by atoms with Gasteiger partial charge >= 0.3 is 0 Å². The molecule has 0 spiro atoms. The van der Waals surface area contributed by atoms with Gasteiger partial charge in [-0.25, -0.2) is 15.4 Å². The number of rotatable bonds is 5. The summed E-state index contributed by atoms with van der Waals surface area (Å²) < 4.78 is 20.2. The fraction of sp³-hybridized carbons (Fsp3) is 0.542. The summed E-state index contributed by atoms with van der Waals surface area (Å²) in [6, 6.07) is 4.39. The molecule has 0 amide bonds. The Hall–Kier alpha value is -2.06. The molecular weight excluding hydrogens is 494 g/mol. The Labute approximate surface area is 213 Å². The number of β-amino-alcohol motifs (C(OH)–C–C–N with tert-alkyl or cyclic N) is 1. The van der Waals surface area contributed by atoms with Crippen LogP contribution in [-0.4, -0.2) is 46.4 Å². The van der Waals surface area contributed by atoms with E-state index in [1.165, 1.54) is 6.20 Å². The maximum absolute atomic E-state index is 13.9. The molecule has 0 bridgehead atoms. The summed E-state index contributed by atoms with van der Waals surface area (Å²) in [7, 11) is 0. The summed E-state index contributed by atoms with van der Waals surface area (Å²) in [4.78, 5) is 10.1. The average molecular weight is 521 g/mol. The number of nitriles is 1. The Balaban J connectivity index is 1.31. The number of hydrazine groups is 1. The Morgan fingerprint density at radius 3 is 2.83 bits per heavy atom. The van der Waals surface area contributed by atoms with E-state index in [2.05, 4.69) is 26.9 Å². The van der Waals surface area contributed by atoms with Crippen LogP contribution in [0.5, 0.6) is 0 Å². The van der Waals surface area contributed by atoms with E-state index in [9.17, 15) is 14.8 Å². The van der Waals surface area contributed by atoms with Gasteiger partial charge in [-0.3, -0.25) is 5.43 Å². The maximum Gasteiger partial charge on any atom is 0.232 e. The minimum absolute atomic E-state index is 0.0370. The van der Waals surface area contributed by atoms with Gasteiger partial charge in [0.15, 0.2) is 0 Å². The van der Waals surface area contributed by atoms with E-state index in [0.29, 0.717) is 36.5 Å². The largest absolute Gasteiger partial charge is 0.391 e. The molecule has 8 nitrogen and oxygen atoms in total. The van der Waals surface area contributed by atoms with Crippen molar-refractivity contribution < 1.29 is 14.2 Å². The number of ether oxygens (including phenoxy) is 1. The SMILES string of the molecule is C[C@@H](OC1CCC2NNC(c3cnc(N4CC[C@@H](O)C4)c(C#N)c3)C2C1)c1c(Cl)cnc(F)c1Cl. The smallest absolute Gasteiger partial charge is 0.232 e. The Morgan fingerprint density at radius 2 is 2.09 bits per heavy atom. The van der Waals surface area contributed by atoms with Crippen molar-refractivity contribution in [2.24, 2.45) is 5.92 Å². The van der Waals surface area contributed by atoms with Crippen LogP contribution in [0.2, 0.25) is 10.0 Å². The van der Waals surface area contributed by atoms with Crippen molar-refractivity contribution in [3.05, 3.63) is 51.1 Å². The van der Waals surface area contributed by atoms with Crippen LogP contribution in [0, 0.1) is 23.2 Å². The molecule has 11 heteroatoms. The molecule has 1 aliphatic carbocycles. The normalized spacial score (nSPS) is 29.1. The van der Waals surface area contributed by atoms with Crippen molar-refractivity contribution >= 4 is 29.0 Å². The highest BCUT2D eigenvalue weighted by Crippen LogP contribution is 2.42. The summed E-state index contributed by atoms with van der Waals surface area (Å²) in [6.07, 6.45) is 5.31. The number of pyridine rings is 2. The summed E-state index contributed by atoms with van der Waals surface area (Å²) in [5.41, 5.74) is 8.62. The molecule has 0 radical (unpaired) electrons. The van der Waals surface area contributed by atoms with Gasteiger partial charge in [0, 0.05) is 37.1 Å². The molecule has 3 N–H and O–H groups in total. The second-order valence-electron chi connectivity index (χ2n) is 9.51. The molecule has 2 aromatic heterocycles. The number of fused-ring (bicyclic) bond motifs is 1. The first-order valence-electron chi connectivity index (χ1n) is 11.8. The highest BCUT2D eigenvalue weighted by atomic mass is 35.5. The van der Waals surface area contributed by atoms with Crippen molar-refractivity contribution in [1.82, 2.24) is 20.8 Å². The predicted molar refractivity (Wildman–Crippen MR) is 129 cm³/mol. The lowest BCUT2D eigenvalue weighted by Crippen LogP contribution is -2.37. The molecule has 0 aromatic carbocycles. The van der Waals surface area contributed by atoms with E-state index in [-0.39, 0.29) is 40.3 Å². The average Bonchev–Trinajstić information content (AvgIpc) is 3.47. The van der Waals surface area contributed by atoms with Crippen LogP contribution in [0.15, 0.2) is 18.5 Å². The van der Waals surface area contributed by atoms with E-state index in [0.717, 1.165) is 24.8 Å². The third kappa shape index (κ3) is 4.84. The standard InChI is InChI=1S/C24H27Cl2FN6O2/c1-12(20-18(25)10-29-23(27)21(20)26)35-16-2-3-19-17(7-16)22(32-31-19)14-6-13(8-28)24(30-9-14)33-5-4-15(34)11-33/h6,9-10,12,15-17,19,22,31-32,34H,2-5,7,11H2,1H3/t12-,15-,16?,17?,19?,22?/m1/s1. The summed E-state index contributed by atoms with van der Waals surface area (Å²) >= 11 is 12.4. The first-order valence-corrected chi connectivity index (χ1v) is 12.6. The number of anilines is 1. The van der Waals surface area contributed by atoms with Gasteiger partial charge in [-0.05, 0) is 50.2 Å². The summed E-state index contributed by atoms with van der Waals surface area (Å²) in [5.74, 6) is 0.0726. The van der Waals surface area contributed by atoms with Crippen LogP contribution in [0.25, 0.3) is 0 Å². The van der Waals surface area contributed by atoms with Gasteiger partial charge in [-0.1, -0.05) is 23.2 Å². The molecule has 35 heavy (non-hydrogen) atoms. The van der Waals surface area contributed by atoms with Gasteiger partial charge < -0.3 is 14.7 Å². The van der Waals surface area contributed by atoms with Gasteiger partial charge in [-0.2, -0.15) is 9.65 Å². The number of hydrogen-bond donors (Lipinski definition) is 3. The maximum atomic E-state index is 13.9. The molecule has 6 atom stereocenters. The third-order valence-corrected chi connectivity index (χ3v) is 7.96. The lowest BCUT2D eigenvalue weighted by Gasteiger charge is -2.35. The molecule has 1 saturated carbocycles. The first-order chi connectivity index (χ1) is 16.9. The fourth-order valence-corrected chi connectivity index (χ4v) is 6.22. The third-order valence-electron chi connectivity index (χ3n) is 7.30. The van der Waals surface area contributed by atoms with Crippen molar-refractivity contribution in [2.45, 2.75) is 63.0 Å². The fourth-order valence-electron chi connectivity index (χ4n) is 5.57. The second-order valence-corrected chi connectivity index (χ2v) is 10.3. The van der Waals surface area contributed by atoms with Gasteiger partial charge in [0.25, 0.3) is 0 Å². The zero-order valence-electron chi connectivity index (χ0n) is 19.2. The first kappa shape index (κ1) is 24.6. The molecule has 5 rings (SSSR count). The zero-order valence-corrected chi connectivity index (χ0v) is 20.7. The summed E-state index contributed by atoms with van der Waals surface area (Å²) in [5, 5.41) is 19.8. The Kier molecular flexibility index (Phi) is 7.13. The minimum atomic E-state index is -0.762. The molecule has 2 aromatic rings. The lowest BCUT2D eigenvalue weighted by molar-refractivity contribution is -0.0371. The van der Waals surface area contributed by atoms with Crippen molar-refractivity contribution in [1.29, 1.82) is 5.26 Å². The number of halogens is 3. The minimum Gasteiger partial charge on any atom is -0.391 e. The molecule has 186 valence electrons. The monoisotopic (exact) mass is 520 g/mol. The van der Waals surface area contributed by atoms with Crippen LogP contribution in [0.4, 0.5) is 10.2 Å². The van der Waals surface area contributed by atoms with E-state index in [4.69, 9.17) is 27.9 Å². The zero-order chi connectivity index (χ0) is 24.7. The topological polar surface area (TPSA) is 106 Å². The highest BCUT2D eigenvalue weighted by Gasteiger charge is 2.42.